The summed E-state index contributed by atoms with van der Waals surface area (Å²) in [5.74, 6) is 0.451. The topological polar surface area (TPSA) is 37.3 Å². The summed E-state index contributed by atoms with van der Waals surface area (Å²) in [5.41, 5.74) is 0.755. The van der Waals surface area contributed by atoms with Crippen LogP contribution in [0.2, 0.25) is 0 Å². The van der Waals surface area contributed by atoms with Gasteiger partial charge in [0, 0.05) is 6.42 Å². The summed E-state index contributed by atoms with van der Waals surface area (Å²) in [5, 5.41) is 8.86. The standard InChI is InChI=1S/C12H20O2/c1-11(2)9-4-5-12(11,3)7-8(9)6-10(13)14/h8-9H,4-7H2,1-3H3,(H,13,14)/t8-,9+,12+/m0/s1. The zero-order valence-electron chi connectivity index (χ0n) is 9.34. The van der Waals surface area contributed by atoms with Crippen LogP contribution >= 0.6 is 0 Å². The van der Waals surface area contributed by atoms with Crippen LogP contribution in [-0.4, -0.2) is 11.1 Å². The highest BCUT2D eigenvalue weighted by Crippen LogP contribution is 2.68. The minimum atomic E-state index is -0.623. The van der Waals surface area contributed by atoms with Gasteiger partial charge in [-0.15, -0.1) is 0 Å². The first-order valence-corrected chi connectivity index (χ1v) is 5.59. The second-order valence-corrected chi connectivity index (χ2v) is 5.99. The third-order valence-corrected chi connectivity index (χ3v) is 5.21. The lowest BCUT2D eigenvalue weighted by Crippen LogP contribution is -2.26. The molecule has 0 spiro atoms. The van der Waals surface area contributed by atoms with Gasteiger partial charge in [0.05, 0.1) is 0 Å². The first kappa shape index (κ1) is 10.0. The molecule has 2 fully saturated rings. The Balaban J connectivity index is 2.19. The maximum atomic E-state index is 10.7. The molecule has 1 N–H and O–H groups in total. The number of rotatable bonds is 2. The quantitative estimate of drug-likeness (QED) is 0.737. The number of hydrogen-bond donors (Lipinski definition) is 1. The Hall–Kier alpha value is -0.530. The Bertz CT molecular complexity index is 267. The Morgan fingerprint density at radius 3 is 2.43 bits per heavy atom. The van der Waals surface area contributed by atoms with Crippen molar-refractivity contribution in [2.45, 2.75) is 46.5 Å². The van der Waals surface area contributed by atoms with Crippen LogP contribution in [0.1, 0.15) is 46.5 Å². The van der Waals surface area contributed by atoms with Crippen molar-refractivity contribution in [3.05, 3.63) is 0 Å². The molecule has 80 valence electrons. The number of hydrogen-bond acceptors (Lipinski definition) is 1. The summed E-state index contributed by atoms with van der Waals surface area (Å²) < 4.78 is 0. The first-order chi connectivity index (χ1) is 6.37. The maximum Gasteiger partial charge on any atom is 0.303 e. The van der Waals surface area contributed by atoms with Crippen LogP contribution in [0.15, 0.2) is 0 Å². The Kier molecular flexibility index (Phi) is 1.96. The fourth-order valence-electron chi connectivity index (χ4n) is 3.95. The zero-order valence-corrected chi connectivity index (χ0v) is 9.34. The normalized spacial score (nSPS) is 44.2. The Morgan fingerprint density at radius 1 is 1.43 bits per heavy atom. The fraction of sp³-hybridized carbons (Fsp3) is 0.917. The highest BCUT2D eigenvalue weighted by atomic mass is 16.4. The van der Waals surface area contributed by atoms with Crippen molar-refractivity contribution in [2.75, 3.05) is 0 Å². The summed E-state index contributed by atoms with van der Waals surface area (Å²) in [6.07, 6.45) is 4.03. The van der Waals surface area contributed by atoms with Gasteiger partial charge in [-0.1, -0.05) is 20.8 Å². The molecule has 2 bridgehead atoms. The average Bonchev–Trinajstić information content (AvgIpc) is 2.31. The summed E-state index contributed by atoms with van der Waals surface area (Å²) >= 11 is 0. The molecule has 0 amide bonds. The minimum absolute atomic E-state index is 0.354. The van der Waals surface area contributed by atoms with Crippen LogP contribution in [0.3, 0.4) is 0 Å². The van der Waals surface area contributed by atoms with Crippen LogP contribution in [0, 0.1) is 22.7 Å². The second kappa shape index (κ2) is 2.74. The van der Waals surface area contributed by atoms with Crippen LogP contribution in [0.4, 0.5) is 0 Å². The van der Waals surface area contributed by atoms with Gasteiger partial charge in [0.2, 0.25) is 0 Å². The molecule has 2 nitrogen and oxygen atoms in total. The Morgan fingerprint density at radius 2 is 2.07 bits per heavy atom. The van der Waals surface area contributed by atoms with Gasteiger partial charge < -0.3 is 5.11 Å². The van der Waals surface area contributed by atoms with E-state index >= 15 is 0 Å². The van der Waals surface area contributed by atoms with E-state index in [4.69, 9.17) is 5.11 Å². The Labute approximate surface area is 85.7 Å². The molecule has 0 heterocycles. The molecule has 0 radical (unpaired) electrons. The fourth-order valence-corrected chi connectivity index (χ4v) is 3.95. The van der Waals surface area contributed by atoms with Crippen molar-refractivity contribution in [2.24, 2.45) is 22.7 Å². The molecule has 3 atom stereocenters. The van der Waals surface area contributed by atoms with Crippen molar-refractivity contribution in [3.8, 4) is 0 Å². The summed E-state index contributed by atoms with van der Waals surface area (Å²) in [6, 6.07) is 0. The zero-order chi connectivity index (χ0) is 10.6. The highest BCUT2D eigenvalue weighted by Gasteiger charge is 2.60. The third-order valence-electron chi connectivity index (χ3n) is 5.21. The summed E-state index contributed by atoms with van der Waals surface area (Å²) in [7, 11) is 0. The summed E-state index contributed by atoms with van der Waals surface area (Å²) in [4.78, 5) is 10.7. The molecule has 2 aliphatic rings. The van der Waals surface area contributed by atoms with E-state index in [9.17, 15) is 4.79 Å². The third kappa shape index (κ3) is 1.12. The lowest BCUT2D eigenvalue weighted by Gasteiger charge is -2.34. The number of carbonyl (C=O) groups is 1. The van der Waals surface area contributed by atoms with Crippen molar-refractivity contribution >= 4 is 5.97 Å². The number of aliphatic carboxylic acids is 1. The van der Waals surface area contributed by atoms with E-state index in [1.807, 2.05) is 0 Å². The lowest BCUT2D eigenvalue weighted by molar-refractivity contribution is -0.138. The molecule has 0 aromatic heterocycles. The summed E-state index contributed by atoms with van der Waals surface area (Å²) in [6.45, 7) is 6.99. The minimum Gasteiger partial charge on any atom is -0.481 e. The molecule has 0 aromatic carbocycles. The van der Waals surface area contributed by atoms with Gasteiger partial charge in [-0.3, -0.25) is 4.79 Å². The number of fused-ring (bicyclic) bond motifs is 2. The molecule has 0 saturated heterocycles. The van der Waals surface area contributed by atoms with Gasteiger partial charge in [0.1, 0.15) is 0 Å². The molecular weight excluding hydrogens is 176 g/mol. The smallest absolute Gasteiger partial charge is 0.303 e. The molecule has 2 aliphatic carbocycles. The number of carboxylic acid groups (broad SMARTS) is 1. The second-order valence-electron chi connectivity index (χ2n) is 5.99. The van der Waals surface area contributed by atoms with Crippen LogP contribution in [-0.2, 0) is 4.79 Å². The van der Waals surface area contributed by atoms with E-state index < -0.39 is 5.97 Å². The van der Waals surface area contributed by atoms with E-state index in [-0.39, 0.29) is 0 Å². The monoisotopic (exact) mass is 196 g/mol. The lowest BCUT2D eigenvalue weighted by atomic mass is 9.71. The molecule has 0 unspecified atom stereocenters. The van der Waals surface area contributed by atoms with E-state index in [0.717, 1.165) is 6.42 Å². The van der Waals surface area contributed by atoms with Gasteiger partial charge in [0.15, 0.2) is 0 Å². The van der Waals surface area contributed by atoms with Crippen LogP contribution in [0.5, 0.6) is 0 Å². The van der Waals surface area contributed by atoms with Gasteiger partial charge >= 0.3 is 5.97 Å². The predicted molar refractivity (Wildman–Crippen MR) is 55.0 cm³/mol. The molecule has 0 aromatic rings. The van der Waals surface area contributed by atoms with Crippen molar-refractivity contribution in [1.29, 1.82) is 0 Å². The van der Waals surface area contributed by atoms with Crippen LogP contribution < -0.4 is 0 Å². The van der Waals surface area contributed by atoms with Crippen molar-refractivity contribution < 1.29 is 9.90 Å². The van der Waals surface area contributed by atoms with E-state index in [0.29, 0.717) is 29.1 Å². The SMILES string of the molecule is CC1(C)[C@@H]2CC[C@]1(C)C[C@@H]2CC(=O)O. The number of carboxylic acids is 1. The van der Waals surface area contributed by atoms with Gasteiger partial charge in [-0.2, -0.15) is 0 Å². The van der Waals surface area contributed by atoms with E-state index in [1.165, 1.54) is 12.8 Å². The van der Waals surface area contributed by atoms with Gasteiger partial charge in [-0.25, -0.2) is 0 Å². The van der Waals surface area contributed by atoms with Gasteiger partial charge in [-0.05, 0) is 41.9 Å². The molecule has 14 heavy (non-hydrogen) atoms. The molecule has 2 heteroatoms. The maximum absolute atomic E-state index is 10.7. The molecule has 2 saturated carbocycles. The van der Waals surface area contributed by atoms with Crippen molar-refractivity contribution in [3.63, 3.8) is 0 Å². The molecule has 0 aliphatic heterocycles. The highest BCUT2D eigenvalue weighted by molar-refractivity contribution is 5.67. The first-order valence-electron chi connectivity index (χ1n) is 5.59. The van der Waals surface area contributed by atoms with Gasteiger partial charge in [0.25, 0.3) is 0 Å². The molecular formula is C12H20O2. The van der Waals surface area contributed by atoms with E-state index in [1.54, 1.807) is 0 Å². The average molecular weight is 196 g/mol. The van der Waals surface area contributed by atoms with E-state index in [2.05, 4.69) is 20.8 Å². The molecule has 2 rings (SSSR count). The van der Waals surface area contributed by atoms with Crippen molar-refractivity contribution in [1.82, 2.24) is 0 Å². The predicted octanol–water partition coefficient (Wildman–Crippen LogP) is 2.92. The van der Waals surface area contributed by atoms with Crippen LogP contribution in [0.25, 0.3) is 0 Å². The largest absolute Gasteiger partial charge is 0.481 e.